The quantitative estimate of drug-likeness (QED) is 0.0251. The van der Waals surface area contributed by atoms with Crippen LogP contribution in [0.2, 0.25) is 0 Å². The lowest BCUT2D eigenvalue weighted by Crippen LogP contribution is -2.33. The number of nitrogens with zero attached hydrogens (tertiary/aromatic N) is 6. The first-order valence-electron chi connectivity index (χ1n) is 26.1. The van der Waals surface area contributed by atoms with Crippen molar-refractivity contribution in [2.24, 2.45) is 16.6 Å². The molecule has 18 heteroatoms. The molecule has 6 N–H and O–H groups in total. The molecule has 1 unspecified atom stereocenters. The fraction of sp³-hybridized carbons (Fsp3) is 0.424. The van der Waals surface area contributed by atoms with Crippen molar-refractivity contribution in [1.29, 1.82) is 0 Å². The number of pyridine rings is 1. The number of carbonyl (C=O) groups is 5. The van der Waals surface area contributed by atoms with Gasteiger partial charge in [-0.3, -0.25) is 38.7 Å². The number of terminal acetylenes is 1. The molecule has 2 atom stereocenters. The maximum atomic E-state index is 13.8. The van der Waals surface area contributed by atoms with Crippen molar-refractivity contribution in [3.8, 4) is 23.5 Å². The molecule has 0 saturated carbocycles. The van der Waals surface area contributed by atoms with E-state index in [1.807, 2.05) is 97.5 Å². The topological polar surface area (TPSA) is 218 Å². The van der Waals surface area contributed by atoms with Gasteiger partial charge in [0, 0.05) is 79.3 Å². The highest BCUT2D eigenvalue weighted by Gasteiger charge is 2.29. The molecule has 5 heterocycles. The molecule has 77 heavy (non-hydrogen) atoms. The van der Waals surface area contributed by atoms with Gasteiger partial charge in [0.05, 0.1) is 28.6 Å². The Balaban J connectivity index is 0.000000300. The second-order valence-corrected chi connectivity index (χ2v) is 23.8. The number of unbranched alkanes of at least 4 members (excludes halogenated alkanes) is 2. The molecule has 6 aromatic rings. The minimum atomic E-state index is -0.302. The van der Waals surface area contributed by atoms with Crippen LogP contribution in [0.3, 0.4) is 0 Å². The first-order chi connectivity index (χ1) is 36.6. The Labute approximate surface area is 461 Å². The number of benzene rings is 3. The summed E-state index contributed by atoms with van der Waals surface area (Å²) in [6.45, 7) is 19.7. The molecule has 2 aliphatic rings. The third-order valence-electron chi connectivity index (χ3n) is 12.9. The molecule has 8 rings (SSSR count). The Bertz CT molecular complexity index is 3010. The number of hydrogen-bond donors (Lipinski definition) is 5. The number of thiazole rings is 1. The molecule has 3 aromatic heterocycles. The lowest BCUT2D eigenvalue weighted by molar-refractivity contribution is -0.132. The lowest BCUT2D eigenvalue weighted by atomic mass is 9.92. The summed E-state index contributed by atoms with van der Waals surface area (Å²) < 4.78 is 5.99. The van der Waals surface area contributed by atoms with Gasteiger partial charge in [0.2, 0.25) is 18.2 Å². The van der Waals surface area contributed by atoms with Crippen LogP contribution >= 0.6 is 23.3 Å². The summed E-state index contributed by atoms with van der Waals surface area (Å²) in [7, 11) is 0. The van der Waals surface area contributed by atoms with Crippen molar-refractivity contribution in [2.45, 2.75) is 126 Å². The van der Waals surface area contributed by atoms with Gasteiger partial charge in [-0.1, -0.05) is 114 Å². The second-order valence-electron chi connectivity index (χ2n) is 21.8. The standard InChI is InChI=1S/C38H44N8O3S2.C11H11NO.C10H19NO2/c1-24-28(21-40-46(24)23-38(2,3)4)26-16-17-33(42-34(26)36(49)44-50-20-9-5-6-15-32(39)47)45-19-18-25-11-10-12-27(29(25)22-45)35(48)43-37-41-30-13-7-8-14-31(30)51-37;1-3-10-4-6-11(7-5-10)9(2)12-8-13;1-10(2,3)6-9(13)11-5-4-8(12)7-11/h7-8,10-14,16-17,21H,5-6,9,15,18-20,22-23H2,1-4H3,(H2,39,47)(H,44,49)(H,41,43,48);1,4-9H,2H3,(H,12,13);8,12H,4-7H2,1-3H3/t;9-;/m.0./s1. The molecule has 0 aliphatic carbocycles. The number of amides is 5. The minimum absolute atomic E-state index is 0.0269. The van der Waals surface area contributed by atoms with Crippen molar-refractivity contribution < 1.29 is 29.1 Å². The molecular weight excluding hydrogens is 1010 g/mol. The van der Waals surface area contributed by atoms with E-state index in [9.17, 15) is 29.1 Å². The van der Waals surface area contributed by atoms with Crippen LogP contribution in [0, 0.1) is 30.1 Å². The van der Waals surface area contributed by atoms with Gasteiger partial charge in [-0.15, -0.1) is 6.42 Å². The highest BCUT2D eigenvalue weighted by molar-refractivity contribution is 7.97. The molecule has 0 radical (unpaired) electrons. The molecule has 2 aliphatic heterocycles. The molecule has 3 aromatic carbocycles. The van der Waals surface area contributed by atoms with Crippen LogP contribution in [0.1, 0.15) is 142 Å². The normalized spacial score (nSPS) is 14.5. The number of rotatable bonds is 17. The number of likely N-dealkylation sites (tertiary alicyclic amines) is 1. The molecule has 0 bridgehead atoms. The van der Waals surface area contributed by atoms with Gasteiger partial charge >= 0.3 is 0 Å². The monoisotopic (exact) mass is 1080 g/mol. The Morgan fingerprint density at radius 2 is 1.68 bits per heavy atom. The number of aliphatic hydroxyl groups is 1. The van der Waals surface area contributed by atoms with Crippen molar-refractivity contribution in [2.75, 3.05) is 35.6 Å². The largest absolute Gasteiger partial charge is 0.391 e. The van der Waals surface area contributed by atoms with E-state index in [4.69, 9.17) is 17.1 Å². The number of hydrogen-bond acceptors (Lipinski definition) is 12. The zero-order valence-electron chi connectivity index (χ0n) is 45.7. The van der Waals surface area contributed by atoms with Gasteiger partial charge in [-0.2, -0.15) is 5.10 Å². The van der Waals surface area contributed by atoms with E-state index < -0.39 is 0 Å². The highest BCUT2D eigenvalue weighted by Crippen LogP contribution is 2.33. The van der Waals surface area contributed by atoms with Crippen LogP contribution < -0.4 is 26.0 Å². The number of nitrogens with two attached hydrogens (primary N) is 1. The summed E-state index contributed by atoms with van der Waals surface area (Å²) in [6.07, 6.45) is 12.3. The fourth-order valence-electron chi connectivity index (χ4n) is 8.83. The number of para-hydroxylation sites is 1. The average molecular weight is 1080 g/mol. The fourth-order valence-corrected chi connectivity index (χ4v) is 10.4. The third kappa shape index (κ3) is 17.5. The van der Waals surface area contributed by atoms with Crippen LogP contribution in [0.15, 0.2) is 85.1 Å². The van der Waals surface area contributed by atoms with Crippen LogP contribution in [0.5, 0.6) is 0 Å². The van der Waals surface area contributed by atoms with Gasteiger partial charge in [-0.25, -0.2) is 9.97 Å². The van der Waals surface area contributed by atoms with Crippen molar-refractivity contribution >= 4 is 74.5 Å². The van der Waals surface area contributed by atoms with Crippen LogP contribution in [-0.2, 0) is 33.9 Å². The predicted octanol–water partition coefficient (Wildman–Crippen LogP) is 9.64. The molecular formula is C59H74N10O6S2. The maximum Gasteiger partial charge on any atom is 0.280 e. The molecule has 5 amide bonds. The SMILES string of the molecule is C#Cc1ccc([C@H](C)NC=O)cc1.CC(C)(C)CC(=O)N1CCC(O)C1.Cc1c(-c2ccc(N3CCc4cccc(C(=O)Nc5nc6ccccc6s5)c4C3)nc2C(=O)NSCCCCCC(N)=O)cnn1CC(C)(C)C. The first-order valence-corrected chi connectivity index (χ1v) is 27.9. The van der Waals surface area contributed by atoms with Crippen molar-refractivity contribution in [3.63, 3.8) is 0 Å². The smallest absolute Gasteiger partial charge is 0.280 e. The number of fused-ring (bicyclic) bond motifs is 2. The maximum absolute atomic E-state index is 13.8. The Hall–Kier alpha value is -7.07. The Morgan fingerprint density at radius 3 is 2.34 bits per heavy atom. The number of aromatic nitrogens is 4. The van der Waals surface area contributed by atoms with Gasteiger partial charge in [-0.05, 0) is 110 Å². The van der Waals surface area contributed by atoms with Gasteiger partial charge in [0.25, 0.3) is 11.8 Å². The summed E-state index contributed by atoms with van der Waals surface area (Å²) in [6, 6.07) is 25.1. The van der Waals surface area contributed by atoms with E-state index >= 15 is 0 Å². The van der Waals surface area contributed by atoms with Gasteiger partial charge in [0.1, 0.15) is 11.5 Å². The van der Waals surface area contributed by atoms with Crippen LogP contribution in [0.4, 0.5) is 10.9 Å². The van der Waals surface area contributed by atoms with Gasteiger partial charge < -0.3 is 26.0 Å². The van der Waals surface area contributed by atoms with E-state index in [0.29, 0.717) is 72.4 Å². The zero-order chi connectivity index (χ0) is 55.9. The van der Waals surface area contributed by atoms with E-state index in [-0.39, 0.29) is 46.6 Å². The summed E-state index contributed by atoms with van der Waals surface area (Å²) in [5.41, 5.74) is 13.6. The van der Waals surface area contributed by atoms with E-state index in [1.54, 1.807) is 4.90 Å². The van der Waals surface area contributed by atoms with E-state index in [0.717, 1.165) is 88.9 Å². The molecule has 1 saturated heterocycles. The van der Waals surface area contributed by atoms with Crippen LogP contribution in [0.25, 0.3) is 21.3 Å². The predicted molar refractivity (Wildman–Crippen MR) is 309 cm³/mol. The molecule has 408 valence electrons. The lowest BCUT2D eigenvalue weighted by Gasteiger charge is -2.31. The number of carbonyl (C=O) groups excluding carboxylic acids is 5. The Kier molecular flexibility index (Phi) is 21.0. The first kappa shape index (κ1) is 59.2. The number of β-amino-alcohol motifs (C(OH)–C–C–N with tert-alkyl or cyclic N) is 1. The molecule has 0 spiro atoms. The summed E-state index contributed by atoms with van der Waals surface area (Å²) in [4.78, 5) is 73.7. The van der Waals surface area contributed by atoms with E-state index in [2.05, 4.69) is 83.9 Å². The number of anilines is 2. The van der Waals surface area contributed by atoms with Gasteiger partial charge in [0.15, 0.2) is 5.13 Å². The van der Waals surface area contributed by atoms with E-state index in [1.165, 1.54) is 23.3 Å². The van der Waals surface area contributed by atoms with Crippen molar-refractivity contribution in [3.05, 3.63) is 124 Å². The minimum Gasteiger partial charge on any atom is -0.391 e. The second kappa shape index (κ2) is 27.3. The molecule has 1 fully saturated rings. The third-order valence-corrected chi connectivity index (χ3v) is 14.7. The molecule has 16 nitrogen and oxygen atoms in total. The number of nitrogens with one attached hydrogen (secondary N) is 3. The highest BCUT2D eigenvalue weighted by atomic mass is 32.2. The number of aliphatic hydroxyl groups excluding tert-OH is 1. The summed E-state index contributed by atoms with van der Waals surface area (Å²) >= 11 is 2.79. The Morgan fingerprint density at radius 1 is 0.922 bits per heavy atom. The average Bonchev–Trinajstić information content (AvgIpc) is 4.14. The van der Waals surface area contributed by atoms with Crippen LogP contribution in [-0.4, -0.2) is 91.3 Å². The summed E-state index contributed by atoms with van der Waals surface area (Å²) in [5, 5.41) is 20.2. The number of primary amides is 1. The zero-order valence-corrected chi connectivity index (χ0v) is 47.3. The van der Waals surface area contributed by atoms with Crippen molar-refractivity contribution in [1.82, 2.24) is 34.7 Å². The summed E-state index contributed by atoms with van der Waals surface area (Å²) in [5.74, 6) is 3.28.